The summed E-state index contributed by atoms with van der Waals surface area (Å²) < 4.78 is 21.0. The fourth-order valence-corrected chi connectivity index (χ4v) is 3.15. The van der Waals surface area contributed by atoms with Crippen LogP contribution in [0.1, 0.15) is 32.4 Å². The van der Waals surface area contributed by atoms with Crippen LogP contribution >= 0.6 is 0 Å². The van der Waals surface area contributed by atoms with Crippen molar-refractivity contribution in [1.29, 1.82) is 0 Å². The Labute approximate surface area is 136 Å². The molecule has 1 aliphatic heterocycles. The van der Waals surface area contributed by atoms with E-state index in [1.54, 1.807) is 16.8 Å². The Morgan fingerprint density at radius 2 is 2.00 bits per heavy atom. The summed E-state index contributed by atoms with van der Waals surface area (Å²) in [7, 11) is 0. The van der Waals surface area contributed by atoms with Gasteiger partial charge in [0.2, 0.25) is 0 Å². The molecule has 2 heterocycles. The van der Waals surface area contributed by atoms with Gasteiger partial charge in [-0.25, -0.2) is 9.07 Å². The van der Waals surface area contributed by atoms with Crippen LogP contribution in [0.4, 0.5) is 4.39 Å². The SMILES string of the molecule is CC(C)N(Cc1ccn(-c2ccccc2F)n1)C1CCOCC1. The van der Waals surface area contributed by atoms with Gasteiger partial charge in [0.25, 0.3) is 0 Å². The smallest absolute Gasteiger partial charge is 0.148 e. The van der Waals surface area contributed by atoms with E-state index < -0.39 is 0 Å². The van der Waals surface area contributed by atoms with Gasteiger partial charge >= 0.3 is 0 Å². The maximum absolute atomic E-state index is 13.9. The molecular weight excluding hydrogens is 293 g/mol. The topological polar surface area (TPSA) is 30.3 Å². The molecule has 0 N–H and O–H groups in total. The van der Waals surface area contributed by atoms with Crippen molar-refractivity contribution >= 4 is 0 Å². The Hall–Kier alpha value is -1.72. The van der Waals surface area contributed by atoms with E-state index in [1.807, 2.05) is 18.3 Å². The molecule has 0 aliphatic carbocycles. The maximum atomic E-state index is 13.9. The third kappa shape index (κ3) is 3.79. The minimum atomic E-state index is -0.257. The highest BCUT2D eigenvalue weighted by atomic mass is 19.1. The lowest BCUT2D eigenvalue weighted by Crippen LogP contribution is -2.43. The molecule has 1 aliphatic rings. The molecule has 0 atom stereocenters. The van der Waals surface area contributed by atoms with Crippen molar-refractivity contribution in [3.8, 4) is 5.69 Å². The van der Waals surface area contributed by atoms with Gasteiger partial charge in [-0.05, 0) is 44.9 Å². The summed E-state index contributed by atoms with van der Waals surface area (Å²) in [5.41, 5.74) is 1.45. The van der Waals surface area contributed by atoms with Crippen molar-refractivity contribution in [2.24, 2.45) is 0 Å². The van der Waals surface area contributed by atoms with Gasteiger partial charge < -0.3 is 4.74 Å². The molecule has 0 radical (unpaired) electrons. The van der Waals surface area contributed by atoms with Crippen LogP contribution in [0, 0.1) is 5.82 Å². The largest absolute Gasteiger partial charge is 0.381 e. The molecule has 3 rings (SSSR count). The number of nitrogens with zero attached hydrogens (tertiary/aromatic N) is 3. The standard InChI is InChI=1S/C18H24FN3O/c1-14(2)21(16-8-11-23-12-9-16)13-15-7-10-22(20-15)18-6-4-3-5-17(18)19/h3-7,10,14,16H,8-9,11-13H2,1-2H3. The van der Waals surface area contributed by atoms with Crippen LogP contribution in [0.25, 0.3) is 5.69 Å². The van der Waals surface area contributed by atoms with Gasteiger partial charge in [0.1, 0.15) is 11.5 Å². The predicted octanol–water partition coefficient (Wildman–Crippen LogP) is 3.40. The maximum Gasteiger partial charge on any atom is 0.148 e. The first kappa shape index (κ1) is 16.1. The van der Waals surface area contributed by atoms with E-state index in [9.17, 15) is 4.39 Å². The lowest BCUT2D eigenvalue weighted by Gasteiger charge is -2.36. The molecule has 2 aromatic rings. The summed E-state index contributed by atoms with van der Waals surface area (Å²) in [6.45, 7) is 6.87. The Balaban J connectivity index is 1.75. The number of ether oxygens (including phenoxy) is 1. The van der Waals surface area contributed by atoms with E-state index in [2.05, 4.69) is 23.8 Å². The number of hydrogen-bond donors (Lipinski definition) is 0. The zero-order chi connectivity index (χ0) is 16.2. The van der Waals surface area contributed by atoms with Gasteiger partial charge in [-0.1, -0.05) is 12.1 Å². The minimum Gasteiger partial charge on any atom is -0.381 e. The highest BCUT2D eigenvalue weighted by Gasteiger charge is 2.24. The van der Waals surface area contributed by atoms with E-state index in [4.69, 9.17) is 4.74 Å². The molecule has 124 valence electrons. The van der Waals surface area contributed by atoms with Crippen molar-refractivity contribution in [2.45, 2.75) is 45.3 Å². The molecule has 0 amide bonds. The second-order valence-electron chi connectivity index (χ2n) is 6.31. The number of para-hydroxylation sites is 1. The van der Waals surface area contributed by atoms with Crippen LogP contribution in [0.2, 0.25) is 0 Å². The summed E-state index contributed by atoms with van der Waals surface area (Å²) >= 11 is 0. The van der Waals surface area contributed by atoms with E-state index >= 15 is 0 Å². The summed E-state index contributed by atoms with van der Waals surface area (Å²) in [6.07, 6.45) is 3.95. The Kier molecular flexibility index (Phi) is 5.08. The lowest BCUT2D eigenvalue weighted by atomic mass is 10.0. The molecule has 1 fully saturated rings. The molecule has 23 heavy (non-hydrogen) atoms. The molecule has 0 spiro atoms. The average Bonchev–Trinajstić information content (AvgIpc) is 3.02. The summed E-state index contributed by atoms with van der Waals surface area (Å²) in [5, 5.41) is 4.56. The fraction of sp³-hybridized carbons (Fsp3) is 0.500. The Morgan fingerprint density at radius 3 is 2.70 bits per heavy atom. The van der Waals surface area contributed by atoms with E-state index in [1.165, 1.54) is 6.07 Å². The van der Waals surface area contributed by atoms with E-state index in [0.29, 0.717) is 17.8 Å². The third-order valence-electron chi connectivity index (χ3n) is 4.41. The molecule has 5 heteroatoms. The van der Waals surface area contributed by atoms with Crippen LogP contribution < -0.4 is 0 Å². The van der Waals surface area contributed by atoms with Crippen molar-refractivity contribution in [1.82, 2.24) is 14.7 Å². The molecule has 0 saturated carbocycles. The number of aromatic nitrogens is 2. The molecule has 0 bridgehead atoms. The van der Waals surface area contributed by atoms with Crippen molar-refractivity contribution in [3.63, 3.8) is 0 Å². The van der Waals surface area contributed by atoms with Crippen LogP contribution in [-0.2, 0) is 11.3 Å². The highest BCUT2D eigenvalue weighted by molar-refractivity contribution is 5.32. The van der Waals surface area contributed by atoms with Gasteiger partial charge in [-0.15, -0.1) is 0 Å². The monoisotopic (exact) mass is 317 g/mol. The average molecular weight is 317 g/mol. The first-order valence-corrected chi connectivity index (χ1v) is 8.28. The van der Waals surface area contributed by atoms with E-state index in [0.717, 1.165) is 38.3 Å². The minimum absolute atomic E-state index is 0.257. The van der Waals surface area contributed by atoms with Crippen LogP contribution in [-0.4, -0.2) is 40.0 Å². The molecular formula is C18H24FN3O. The van der Waals surface area contributed by atoms with Crippen LogP contribution in [0.5, 0.6) is 0 Å². The summed E-state index contributed by atoms with van der Waals surface area (Å²) in [5.74, 6) is -0.257. The number of hydrogen-bond acceptors (Lipinski definition) is 3. The molecule has 4 nitrogen and oxygen atoms in total. The van der Waals surface area contributed by atoms with E-state index in [-0.39, 0.29) is 5.82 Å². The normalized spacial score (nSPS) is 16.4. The molecule has 0 unspecified atom stereocenters. The Bertz CT molecular complexity index is 635. The van der Waals surface area contributed by atoms with Gasteiger partial charge in [-0.2, -0.15) is 5.10 Å². The van der Waals surface area contributed by atoms with Crippen molar-refractivity contribution in [3.05, 3.63) is 48.0 Å². The molecule has 1 aromatic carbocycles. The summed E-state index contributed by atoms with van der Waals surface area (Å²) in [4.78, 5) is 2.47. The van der Waals surface area contributed by atoms with Crippen LogP contribution in [0.15, 0.2) is 36.5 Å². The third-order valence-corrected chi connectivity index (χ3v) is 4.41. The first-order chi connectivity index (χ1) is 11.1. The second kappa shape index (κ2) is 7.23. The number of halogens is 1. The zero-order valence-corrected chi connectivity index (χ0v) is 13.8. The Morgan fingerprint density at radius 1 is 1.26 bits per heavy atom. The van der Waals surface area contributed by atoms with Gasteiger partial charge in [0.05, 0.1) is 5.69 Å². The number of benzene rings is 1. The van der Waals surface area contributed by atoms with Gasteiger partial charge in [0, 0.05) is 38.0 Å². The number of rotatable bonds is 5. The second-order valence-corrected chi connectivity index (χ2v) is 6.31. The van der Waals surface area contributed by atoms with Gasteiger partial charge in [0.15, 0.2) is 0 Å². The molecule has 1 saturated heterocycles. The fourth-order valence-electron chi connectivity index (χ4n) is 3.15. The molecule has 1 aromatic heterocycles. The van der Waals surface area contributed by atoms with Crippen molar-refractivity contribution in [2.75, 3.05) is 13.2 Å². The highest BCUT2D eigenvalue weighted by Crippen LogP contribution is 2.20. The lowest BCUT2D eigenvalue weighted by molar-refractivity contribution is 0.0182. The van der Waals surface area contributed by atoms with Crippen molar-refractivity contribution < 1.29 is 9.13 Å². The predicted molar refractivity (Wildman–Crippen MR) is 88.0 cm³/mol. The zero-order valence-electron chi connectivity index (χ0n) is 13.8. The van der Waals surface area contributed by atoms with Gasteiger partial charge in [-0.3, -0.25) is 4.90 Å². The van der Waals surface area contributed by atoms with Crippen LogP contribution in [0.3, 0.4) is 0 Å². The summed E-state index contributed by atoms with van der Waals surface area (Å²) in [6, 6.07) is 9.65. The quantitative estimate of drug-likeness (QED) is 0.847. The first-order valence-electron chi connectivity index (χ1n) is 8.28.